The van der Waals surface area contributed by atoms with Crippen molar-refractivity contribution in [1.29, 1.82) is 0 Å². The van der Waals surface area contributed by atoms with Crippen LogP contribution in [0.2, 0.25) is 0 Å². The summed E-state index contributed by atoms with van der Waals surface area (Å²) in [6.07, 6.45) is 5.49. The van der Waals surface area contributed by atoms with Gasteiger partial charge in [-0.3, -0.25) is 9.48 Å². The topological polar surface area (TPSA) is 130 Å². The van der Waals surface area contributed by atoms with E-state index in [0.29, 0.717) is 33.9 Å². The molecule has 6 rings (SSSR count). The maximum atomic E-state index is 13.4. The van der Waals surface area contributed by atoms with Crippen LogP contribution in [0, 0.1) is 0 Å². The number of hydrogen-bond acceptors (Lipinski definition) is 8. The molecule has 5 heterocycles. The number of ether oxygens (including phenoxy) is 1. The van der Waals surface area contributed by atoms with Gasteiger partial charge in [0.15, 0.2) is 0 Å². The lowest BCUT2D eigenvalue weighted by Gasteiger charge is -2.36. The third kappa shape index (κ3) is 4.31. The van der Waals surface area contributed by atoms with E-state index in [2.05, 4.69) is 61.2 Å². The van der Waals surface area contributed by atoms with Gasteiger partial charge in [0.05, 0.1) is 40.5 Å². The van der Waals surface area contributed by atoms with Gasteiger partial charge in [0.1, 0.15) is 22.7 Å². The molecule has 5 aromatic rings. The Bertz CT molecular complexity index is 1630. The highest BCUT2D eigenvalue weighted by Crippen LogP contribution is 2.33. The van der Waals surface area contributed by atoms with Crippen LogP contribution in [0.3, 0.4) is 0 Å². The number of anilines is 2. The molecule has 0 saturated carbocycles. The number of aromatic amines is 2. The lowest BCUT2D eigenvalue weighted by molar-refractivity contribution is -0.00521. The number of aryl methyl sites for hydroxylation is 1. The Morgan fingerprint density at radius 1 is 1.11 bits per heavy atom. The number of pyridine rings is 1. The first-order chi connectivity index (χ1) is 17.9. The predicted molar refractivity (Wildman–Crippen MR) is 143 cm³/mol. The minimum Gasteiger partial charge on any atom is -0.373 e. The Hall–Kier alpha value is -4.25. The van der Waals surface area contributed by atoms with Gasteiger partial charge in [0.2, 0.25) is 0 Å². The van der Waals surface area contributed by atoms with Crippen LogP contribution in [0.5, 0.6) is 0 Å². The van der Waals surface area contributed by atoms with Crippen molar-refractivity contribution in [2.24, 2.45) is 7.05 Å². The summed E-state index contributed by atoms with van der Waals surface area (Å²) in [5, 5.41) is 8.05. The van der Waals surface area contributed by atoms with Crippen molar-refractivity contribution in [3.63, 3.8) is 0 Å². The second-order valence-electron chi connectivity index (χ2n) is 9.69. The van der Waals surface area contributed by atoms with Crippen molar-refractivity contribution >= 4 is 33.4 Å². The molecule has 190 valence electrons. The van der Waals surface area contributed by atoms with E-state index >= 15 is 0 Å². The van der Waals surface area contributed by atoms with Gasteiger partial charge in [-0.15, -0.1) is 0 Å². The Kier molecular flexibility index (Phi) is 5.64. The molecule has 0 spiro atoms. The molecule has 0 amide bonds. The van der Waals surface area contributed by atoms with Crippen molar-refractivity contribution < 1.29 is 4.74 Å². The zero-order chi connectivity index (χ0) is 25.7. The molecule has 11 heteroatoms. The van der Waals surface area contributed by atoms with Gasteiger partial charge < -0.3 is 24.9 Å². The van der Waals surface area contributed by atoms with Gasteiger partial charge in [-0.25, -0.2) is 15.0 Å². The minimum absolute atomic E-state index is 0.157. The van der Waals surface area contributed by atoms with Crippen LogP contribution >= 0.6 is 0 Å². The lowest BCUT2D eigenvalue weighted by atomic mass is 10.1. The summed E-state index contributed by atoms with van der Waals surface area (Å²) >= 11 is 0. The number of aromatic nitrogens is 7. The van der Waals surface area contributed by atoms with Crippen molar-refractivity contribution in [1.82, 2.24) is 34.7 Å². The quantitative estimate of drug-likeness (QED) is 0.336. The van der Waals surface area contributed by atoms with Crippen LogP contribution in [0.15, 0.2) is 47.7 Å². The van der Waals surface area contributed by atoms with Crippen LogP contribution < -0.4 is 15.8 Å². The fourth-order valence-corrected chi connectivity index (χ4v) is 5.06. The standard InChI is InChI=1S/C26H29N9O2/c1-14-11-35(12-15(2)37-14)17-6-7-18-19(10-17)31-25(30-18)21-23(29-16(3)24-27-8-5-9-28-24)22-20(32-26(21)36)13-34(4)33-22/h5-10,13-16,29H,11-12H2,1-4H3,(H,30,31)(H,32,36)/t14-,15+,16-/m0/s1. The number of morpholine rings is 1. The van der Waals surface area contributed by atoms with Crippen LogP contribution in [0.1, 0.15) is 32.6 Å². The summed E-state index contributed by atoms with van der Waals surface area (Å²) in [5.41, 5.74) is 4.69. The summed E-state index contributed by atoms with van der Waals surface area (Å²) < 4.78 is 7.57. The number of H-pyrrole nitrogens is 2. The van der Waals surface area contributed by atoms with E-state index in [1.54, 1.807) is 29.3 Å². The highest BCUT2D eigenvalue weighted by Gasteiger charge is 2.24. The molecule has 3 N–H and O–H groups in total. The molecule has 0 unspecified atom stereocenters. The average Bonchev–Trinajstić information content (AvgIpc) is 3.45. The Balaban J connectivity index is 1.45. The molecule has 1 saturated heterocycles. The van der Waals surface area contributed by atoms with Crippen molar-refractivity contribution in [3.05, 3.63) is 59.0 Å². The Morgan fingerprint density at radius 3 is 2.62 bits per heavy atom. The maximum Gasteiger partial charge on any atom is 0.261 e. The van der Waals surface area contributed by atoms with Crippen LogP contribution in [-0.2, 0) is 11.8 Å². The summed E-state index contributed by atoms with van der Waals surface area (Å²) in [5.74, 6) is 1.08. The molecule has 1 aliphatic rings. The third-order valence-electron chi connectivity index (χ3n) is 6.61. The van der Waals surface area contributed by atoms with Gasteiger partial charge in [-0.1, -0.05) is 0 Å². The van der Waals surface area contributed by atoms with Gasteiger partial charge >= 0.3 is 0 Å². The molecule has 1 aliphatic heterocycles. The normalized spacial score (nSPS) is 19.0. The smallest absolute Gasteiger partial charge is 0.261 e. The second-order valence-corrected chi connectivity index (χ2v) is 9.69. The fourth-order valence-electron chi connectivity index (χ4n) is 5.06. The number of nitrogens with one attached hydrogen (secondary N) is 3. The van der Waals surface area contributed by atoms with Gasteiger partial charge in [-0.05, 0) is 45.0 Å². The van der Waals surface area contributed by atoms with Crippen molar-refractivity contribution in [2.45, 2.75) is 39.0 Å². The van der Waals surface area contributed by atoms with Crippen molar-refractivity contribution in [3.8, 4) is 11.4 Å². The molecule has 11 nitrogen and oxygen atoms in total. The molecule has 0 radical (unpaired) electrons. The van der Waals surface area contributed by atoms with E-state index in [1.165, 1.54) is 0 Å². The number of benzene rings is 1. The molecule has 1 fully saturated rings. The summed E-state index contributed by atoms with van der Waals surface area (Å²) in [6.45, 7) is 7.77. The number of rotatable bonds is 5. The van der Waals surface area contributed by atoms with Crippen LogP contribution in [-0.4, -0.2) is 60.0 Å². The summed E-state index contributed by atoms with van der Waals surface area (Å²) in [4.78, 5) is 35.6. The second kappa shape index (κ2) is 9.00. The molecular formula is C26H29N9O2. The van der Waals surface area contributed by atoms with Gasteiger partial charge in [-0.2, -0.15) is 5.10 Å². The Morgan fingerprint density at radius 2 is 1.86 bits per heavy atom. The van der Waals surface area contributed by atoms with Crippen LogP contribution in [0.4, 0.5) is 11.4 Å². The third-order valence-corrected chi connectivity index (χ3v) is 6.61. The average molecular weight is 500 g/mol. The molecular weight excluding hydrogens is 470 g/mol. The molecule has 3 atom stereocenters. The van der Waals surface area contributed by atoms with Gasteiger partial charge in [0, 0.05) is 44.4 Å². The number of fused-ring (bicyclic) bond motifs is 2. The lowest BCUT2D eigenvalue weighted by Crippen LogP contribution is -2.45. The van der Waals surface area contributed by atoms with E-state index < -0.39 is 0 Å². The highest BCUT2D eigenvalue weighted by molar-refractivity contribution is 5.96. The molecule has 4 aromatic heterocycles. The molecule has 0 aliphatic carbocycles. The fraction of sp³-hybridized carbons (Fsp3) is 0.346. The molecule has 1 aromatic carbocycles. The Labute approximate surface area is 212 Å². The highest BCUT2D eigenvalue weighted by atomic mass is 16.5. The van der Waals surface area contributed by atoms with Gasteiger partial charge in [0.25, 0.3) is 5.56 Å². The maximum absolute atomic E-state index is 13.4. The first-order valence-corrected chi connectivity index (χ1v) is 12.4. The predicted octanol–water partition coefficient (Wildman–Crippen LogP) is 3.38. The van der Waals surface area contributed by atoms with E-state index in [4.69, 9.17) is 9.72 Å². The van der Waals surface area contributed by atoms with Crippen LogP contribution in [0.25, 0.3) is 33.5 Å². The molecule has 0 bridgehead atoms. The van der Waals surface area contributed by atoms with E-state index in [9.17, 15) is 4.79 Å². The van der Waals surface area contributed by atoms with E-state index in [0.717, 1.165) is 29.8 Å². The zero-order valence-corrected chi connectivity index (χ0v) is 21.2. The zero-order valence-electron chi connectivity index (χ0n) is 21.2. The van der Waals surface area contributed by atoms with E-state index in [1.807, 2.05) is 20.0 Å². The SMILES string of the molecule is C[C@@H]1CN(c2ccc3nc(-c4c(N[C@@H](C)c5ncccn5)c5nn(C)cc5[nH]c4=O)[nH]c3c2)C[C@H](C)O1. The number of hydrogen-bond donors (Lipinski definition) is 3. The molecule has 37 heavy (non-hydrogen) atoms. The number of nitrogens with zero attached hydrogens (tertiary/aromatic N) is 6. The summed E-state index contributed by atoms with van der Waals surface area (Å²) in [7, 11) is 1.82. The largest absolute Gasteiger partial charge is 0.373 e. The monoisotopic (exact) mass is 499 g/mol. The number of imidazole rings is 1. The summed E-state index contributed by atoms with van der Waals surface area (Å²) in [6, 6.07) is 7.63. The minimum atomic E-state index is -0.270. The van der Waals surface area contributed by atoms with Crippen molar-refractivity contribution in [2.75, 3.05) is 23.3 Å². The first-order valence-electron chi connectivity index (χ1n) is 12.4. The first kappa shape index (κ1) is 23.2. The van der Waals surface area contributed by atoms with E-state index in [-0.39, 0.29) is 23.8 Å².